The summed E-state index contributed by atoms with van der Waals surface area (Å²) < 4.78 is 17.3. The Morgan fingerprint density at radius 1 is 0.951 bits per heavy atom. The van der Waals surface area contributed by atoms with E-state index in [-0.39, 0.29) is 12.5 Å². The van der Waals surface area contributed by atoms with Crippen LogP contribution in [-0.4, -0.2) is 38.6 Å². The maximum atomic E-state index is 12.9. The predicted octanol–water partition coefficient (Wildman–Crippen LogP) is 6.79. The first-order chi connectivity index (χ1) is 19.7. The third-order valence-corrected chi connectivity index (χ3v) is 6.67. The van der Waals surface area contributed by atoms with Gasteiger partial charge in [-0.25, -0.2) is 14.8 Å². The van der Waals surface area contributed by atoms with E-state index in [9.17, 15) is 14.7 Å². The number of amides is 1. The summed E-state index contributed by atoms with van der Waals surface area (Å²) in [6, 6.07) is 22.3. The lowest BCUT2D eigenvalue weighted by Crippen LogP contribution is -2.37. The molecule has 2 heterocycles. The van der Waals surface area contributed by atoms with E-state index in [4.69, 9.17) is 13.6 Å². The molecule has 0 saturated heterocycles. The minimum atomic E-state index is -1.14. The Labute approximate surface area is 237 Å². The molecular formula is C32H31N3O6. The van der Waals surface area contributed by atoms with Crippen molar-refractivity contribution >= 4 is 23.2 Å². The minimum absolute atomic E-state index is 0.0353. The molecule has 210 valence electrons. The van der Waals surface area contributed by atoms with Crippen molar-refractivity contribution in [3.8, 4) is 17.2 Å². The van der Waals surface area contributed by atoms with Gasteiger partial charge in [-0.1, -0.05) is 50.2 Å². The third kappa shape index (κ3) is 6.81. The van der Waals surface area contributed by atoms with Gasteiger partial charge in [-0.15, -0.1) is 0 Å². The second-order valence-electron chi connectivity index (χ2n) is 10.1. The predicted molar refractivity (Wildman–Crippen MR) is 153 cm³/mol. The molecule has 1 amide bonds. The molecule has 0 bridgehead atoms. The number of carboxylic acids is 1. The second-order valence-corrected chi connectivity index (χ2v) is 10.1. The summed E-state index contributed by atoms with van der Waals surface area (Å²) in [5.41, 5.74) is 4.69. The maximum absolute atomic E-state index is 12.9. The van der Waals surface area contributed by atoms with Gasteiger partial charge in [0.15, 0.2) is 11.5 Å². The van der Waals surface area contributed by atoms with Crippen molar-refractivity contribution in [3.63, 3.8) is 0 Å². The number of fused-ring (bicyclic) bond motifs is 1. The van der Waals surface area contributed by atoms with Crippen molar-refractivity contribution < 1.29 is 28.3 Å². The fraction of sp³-hybridized carbons (Fsp3) is 0.250. The third-order valence-electron chi connectivity index (χ3n) is 6.67. The van der Waals surface area contributed by atoms with Crippen LogP contribution < -0.4 is 4.74 Å². The van der Waals surface area contributed by atoms with E-state index < -0.39 is 18.6 Å². The van der Waals surface area contributed by atoms with Crippen LogP contribution in [0.5, 0.6) is 5.75 Å². The highest BCUT2D eigenvalue weighted by atomic mass is 16.6. The topological polar surface area (TPSA) is 119 Å². The van der Waals surface area contributed by atoms with Crippen LogP contribution in [0.1, 0.15) is 48.2 Å². The fourth-order valence-electron chi connectivity index (χ4n) is 4.49. The summed E-state index contributed by atoms with van der Waals surface area (Å²) in [5.74, 6) is 1.37. The van der Waals surface area contributed by atoms with Crippen molar-refractivity contribution in [2.75, 3.05) is 6.54 Å². The summed E-state index contributed by atoms with van der Waals surface area (Å²) >= 11 is 0. The van der Waals surface area contributed by atoms with Crippen LogP contribution in [0.4, 0.5) is 4.79 Å². The number of nitrogens with zero attached hydrogens (tertiary/aromatic N) is 3. The highest BCUT2D eigenvalue weighted by molar-refractivity contribution is 5.78. The van der Waals surface area contributed by atoms with Gasteiger partial charge in [0.05, 0.1) is 5.69 Å². The lowest BCUT2D eigenvalue weighted by molar-refractivity contribution is -0.138. The normalized spacial score (nSPS) is 11.2. The Balaban J connectivity index is 1.27. The Hall–Kier alpha value is -4.92. The van der Waals surface area contributed by atoms with Crippen molar-refractivity contribution in [2.24, 2.45) is 0 Å². The van der Waals surface area contributed by atoms with Crippen LogP contribution in [0.2, 0.25) is 0 Å². The fourth-order valence-corrected chi connectivity index (χ4v) is 4.49. The molecule has 0 radical (unpaired) electrons. The van der Waals surface area contributed by atoms with Crippen LogP contribution >= 0.6 is 0 Å². The number of rotatable bonds is 10. The van der Waals surface area contributed by atoms with E-state index in [1.54, 1.807) is 30.3 Å². The van der Waals surface area contributed by atoms with Gasteiger partial charge in [0.2, 0.25) is 5.89 Å². The molecule has 41 heavy (non-hydrogen) atoms. The molecule has 9 heteroatoms. The van der Waals surface area contributed by atoms with Gasteiger partial charge < -0.3 is 18.7 Å². The average molecular weight is 554 g/mol. The van der Waals surface area contributed by atoms with E-state index in [0.717, 1.165) is 27.5 Å². The largest absolute Gasteiger partial charge is 0.480 e. The molecule has 0 spiro atoms. The maximum Gasteiger partial charge on any atom is 0.416 e. The number of aromatic nitrogens is 2. The SMILES string of the molecule is Cc1oc(-c2ccccc2)nc1CCc1nc2cc(CN(CC(=O)O)C(=O)Oc3cccc(C(C)C)c3)ccc2o1. The summed E-state index contributed by atoms with van der Waals surface area (Å²) in [6.45, 7) is 5.50. The molecule has 5 aromatic rings. The molecule has 0 saturated carbocycles. The first kappa shape index (κ1) is 27.6. The van der Waals surface area contributed by atoms with Gasteiger partial charge in [-0.05, 0) is 60.4 Å². The van der Waals surface area contributed by atoms with Crippen LogP contribution in [0.25, 0.3) is 22.6 Å². The van der Waals surface area contributed by atoms with E-state index >= 15 is 0 Å². The highest BCUT2D eigenvalue weighted by Crippen LogP contribution is 2.25. The van der Waals surface area contributed by atoms with Crippen LogP contribution in [0.15, 0.2) is 81.6 Å². The molecule has 3 aromatic carbocycles. The van der Waals surface area contributed by atoms with Gasteiger partial charge in [0, 0.05) is 24.9 Å². The molecule has 1 N–H and O–H groups in total. The minimum Gasteiger partial charge on any atom is -0.480 e. The van der Waals surface area contributed by atoms with Crippen molar-refractivity contribution in [2.45, 2.75) is 46.1 Å². The number of carbonyl (C=O) groups is 2. The summed E-state index contributed by atoms with van der Waals surface area (Å²) in [4.78, 5) is 34.9. The van der Waals surface area contributed by atoms with Gasteiger partial charge in [-0.2, -0.15) is 0 Å². The zero-order valence-corrected chi connectivity index (χ0v) is 23.2. The van der Waals surface area contributed by atoms with E-state index in [0.29, 0.717) is 47.0 Å². The standard InChI is InChI=1S/C32H31N3O6/c1-20(2)24-10-7-11-25(17-24)40-32(38)35(19-30(36)37)18-22-12-14-28-27(16-22)33-29(41-28)15-13-26-21(3)39-31(34-26)23-8-5-4-6-9-23/h4-12,14,16-17,20H,13,15,18-19H2,1-3H3,(H,36,37). The van der Waals surface area contributed by atoms with Gasteiger partial charge in [-0.3, -0.25) is 9.69 Å². The van der Waals surface area contributed by atoms with Crippen LogP contribution in [0, 0.1) is 6.92 Å². The zero-order valence-electron chi connectivity index (χ0n) is 23.2. The Morgan fingerprint density at radius 3 is 2.51 bits per heavy atom. The molecule has 5 rings (SSSR count). The summed E-state index contributed by atoms with van der Waals surface area (Å²) in [7, 11) is 0. The number of aryl methyl sites for hydroxylation is 3. The van der Waals surface area contributed by atoms with Crippen molar-refractivity contribution in [1.82, 2.24) is 14.9 Å². The number of oxazole rings is 2. The van der Waals surface area contributed by atoms with Gasteiger partial charge in [0.25, 0.3) is 0 Å². The molecule has 2 aromatic heterocycles. The summed E-state index contributed by atoms with van der Waals surface area (Å²) in [6.07, 6.45) is 0.378. The number of ether oxygens (including phenoxy) is 1. The van der Waals surface area contributed by atoms with Crippen LogP contribution in [0.3, 0.4) is 0 Å². The number of hydrogen-bond acceptors (Lipinski definition) is 7. The monoisotopic (exact) mass is 553 g/mol. The van der Waals surface area contributed by atoms with Gasteiger partial charge in [0.1, 0.15) is 23.6 Å². The lowest BCUT2D eigenvalue weighted by atomic mass is 10.0. The first-order valence-electron chi connectivity index (χ1n) is 13.4. The summed E-state index contributed by atoms with van der Waals surface area (Å²) in [5, 5.41) is 9.42. The molecule has 0 atom stereocenters. The Kier molecular flexibility index (Phi) is 8.14. The number of aliphatic carboxylic acids is 1. The number of carboxylic acid groups (broad SMARTS) is 1. The number of carbonyl (C=O) groups excluding carboxylic acids is 1. The molecule has 9 nitrogen and oxygen atoms in total. The molecule has 0 aliphatic carbocycles. The van der Waals surface area contributed by atoms with Crippen LogP contribution in [-0.2, 0) is 24.2 Å². The first-order valence-corrected chi connectivity index (χ1v) is 13.4. The quantitative estimate of drug-likeness (QED) is 0.201. The molecule has 0 aliphatic rings. The Morgan fingerprint density at radius 2 is 1.76 bits per heavy atom. The zero-order chi connectivity index (χ0) is 28.9. The second kappa shape index (κ2) is 12.1. The average Bonchev–Trinajstić information content (AvgIpc) is 3.54. The molecule has 0 aliphatic heterocycles. The molecule has 0 unspecified atom stereocenters. The highest BCUT2D eigenvalue weighted by Gasteiger charge is 2.21. The van der Waals surface area contributed by atoms with Crippen molar-refractivity contribution in [3.05, 3.63) is 101 Å². The number of hydrogen-bond donors (Lipinski definition) is 1. The number of benzene rings is 3. The Bertz CT molecular complexity index is 1670. The lowest BCUT2D eigenvalue weighted by Gasteiger charge is -2.20. The van der Waals surface area contributed by atoms with Gasteiger partial charge >= 0.3 is 12.1 Å². The van der Waals surface area contributed by atoms with E-state index in [1.165, 1.54) is 0 Å². The molecular weight excluding hydrogens is 522 g/mol. The van der Waals surface area contributed by atoms with E-state index in [1.807, 2.05) is 63.2 Å². The van der Waals surface area contributed by atoms with Crippen molar-refractivity contribution in [1.29, 1.82) is 0 Å². The smallest absolute Gasteiger partial charge is 0.416 e. The molecule has 0 fully saturated rings. The van der Waals surface area contributed by atoms with E-state index in [2.05, 4.69) is 9.97 Å².